The molecule has 3 rings (SSSR count). The van der Waals surface area contributed by atoms with E-state index in [9.17, 15) is 18.7 Å². The predicted octanol–water partition coefficient (Wildman–Crippen LogP) is 3.78. The molecule has 0 radical (unpaired) electrons. The maximum atomic E-state index is 13.5. The second kappa shape index (κ2) is 13.2. The van der Waals surface area contributed by atoms with Gasteiger partial charge in [-0.15, -0.1) is 0 Å². The van der Waals surface area contributed by atoms with Gasteiger partial charge < -0.3 is 19.9 Å². The SMILES string of the molecule is O=C(COc1ccc(Cl)c(F)c1)N[C@H]1CCCN(CC(O)COc2ccc(Cl)c(F)c2)C1.S. The molecular weight excluding hydrogens is 497 g/mol. The molecule has 6 nitrogen and oxygen atoms in total. The highest BCUT2D eigenvalue weighted by Crippen LogP contribution is 2.21. The molecule has 1 amide bonds. The van der Waals surface area contributed by atoms with Gasteiger partial charge >= 0.3 is 0 Å². The third-order valence-corrected chi connectivity index (χ3v) is 5.55. The highest BCUT2D eigenvalue weighted by Gasteiger charge is 2.23. The normalized spacial score (nSPS) is 17.1. The summed E-state index contributed by atoms with van der Waals surface area (Å²) >= 11 is 11.3. The molecule has 33 heavy (non-hydrogen) atoms. The van der Waals surface area contributed by atoms with Crippen molar-refractivity contribution in [3.63, 3.8) is 0 Å². The fourth-order valence-corrected chi connectivity index (χ4v) is 3.67. The summed E-state index contributed by atoms with van der Waals surface area (Å²) in [4.78, 5) is 14.2. The van der Waals surface area contributed by atoms with Crippen LogP contribution in [0.15, 0.2) is 36.4 Å². The van der Waals surface area contributed by atoms with E-state index in [1.165, 1.54) is 30.3 Å². The lowest BCUT2D eigenvalue weighted by atomic mass is 10.1. The summed E-state index contributed by atoms with van der Waals surface area (Å²) in [5.41, 5.74) is 0. The molecule has 1 aliphatic rings. The van der Waals surface area contributed by atoms with Gasteiger partial charge in [-0.2, -0.15) is 13.5 Å². The third kappa shape index (κ3) is 8.83. The average molecular weight is 523 g/mol. The molecular formula is C22H26Cl2F2N2O4S. The zero-order chi connectivity index (χ0) is 23.1. The van der Waals surface area contributed by atoms with Crippen molar-refractivity contribution in [1.29, 1.82) is 0 Å². The van der Waals surface area contributed by atoms with Crippen LogP contribution in [0.25, 0.3) is 0 Å². The first-order valence-corrected chi connectivity index (χ1v) is 10.9. The number of hydrogen-bond acceptors (Lipinski definition) is 5. The number of nitrogens with zero attached hydrogens (tertiary/aromatic N) is 1. The smallest absolute Gasteiger partial charge is 0.258 e. The van der Waals surface area contributed by atoms with Crippen molar-refractivity contribution in [3.8, 4) is 11.5 Å². The fraction of sp³-hybridized carbons (Fsp3) is 0.409. The topological polar surface area (TPSA) is 71.0 Å². The number of halogens is 4. The number of carbonyl (C=O) groups is 1. The van der Waals surface area contributed by atoms with Crippen LogP contribution in [0.3, 0.4) is 0 Å². The Kier molecular flexibility index (Phi) is 11.0. The quantitative estimate of drug-likeness (QED) is 0.524. The molecule has 1 heterocycles. The Morgan fingerprint density at radius 2 is 1.73 bits per heavy atom. The minimum atomic E-state index is -0.786. The van der Waals surface area contributed by atoms with Crippen LogP contribution in [0.1, 0.15) is 12.8 Å². The molecule has 1 unspecified atom stereocenters. The number of ether oxygens (including phenoxy) is 2. The van der Waals surface area contributed by atoms with Gasteiger partial charge in [0.15, 0.2) is 6.61 Å². The molecule has 0 aromatic heterocycles. The van der Waals surface area contributed by atoms with Gasteiger partial charge in [-0.1, -0.05) is 23.2 Å². The summed E-state index contributed by atoms with van der Waals surface area (Å²) in [5, 5.41) is 13.2. The maximum absolute atomic E-state index is 13.5. The van der Waals surface area contributed by atoms with E-state index < -0.39 is 17.7 Å². The van der Waals surface area contributed by atoms with E-state index in [0.717, 1.165) is 25.5 Å². The first-order chi connectivity index (χ1) is 15.3. The Hall–Kier alpha value is -1.78. The van der Waals surface area contributed by atoms with Crippen LogP contribution in [0.5, 0.6) is 11.5 Å². The number of hydrogen-bond donors (Lipinski definition) is 2. The number of piperidine rings is 1. The number of carbonyl (C=O) groups excluding carboxylic acids is 1. The lowest BCUT2D eigenvalue weighted by Gasteiger charge is -2.34. The zero-order valence-electron chi connectivity index (χ0n) is 17.7. The highest BCUT2D eigenvalue weighted by molar-refractivity contribution is 7.59. The summed E-state index contributed by atoms with van der Waals surface area (Å²) in [6, 6.07) is 7.97. The van der Waals surface area contributed by atoms with Crippen LogP contribution in [-0.4, -0.2) is 60.9 Å². The van der Waals surface area contributed by atoms with E-state index in [0.29, 0.717) is 13.1 Å². The van der Waals surface area contributed by atoms with Crippen molar-refractivity contribution in [2.45, 2.75) is 25.0 Å². The number of likely N-dealkylation sites (tertiary alicyclic amines) is 1. The van der Waals surface area contributed by atoms with Crippen molar-refractivity contribution in [3.05, 3.63) is 58.1 Å². The van der Waals surface area contributed by atoms with Crippen LogP contribution < -0.4 is 14.8 Å². The Morgan fingerprint density at radius 1 is 1.12 bits per heavy atom. The first-order valence-electron chi connectivity index (χ1n) is 10.2. The number of benzene rings is 2. The van der Waals surface area contributed by atoms with E-state index in [2.05, 4.69) is 5.32 Å². The van der Waals surface area contributed by atoms with E-state index in [1.54, 1.807) is 0 Å². The molecule has 11 heteroatoms. The van der Waals surface area contributed by atoms with Crippen LogP contribution >= 0.6 is 36.7 Å². The molecule has 2 aromatic rings. The average Bonchev–Trinajstić information content (AvgIpc) is 2.75. The number of amides is 1. The number of aliphatic hydroxyl groups excluding tert-OH is 1. The van der Waals surface area contributed by atoms with E-state index in [1.807, 2.05) is 4.90 Å². The fourth-order valence-electron chi connectivity index (χ4n) is 3.43. The Labute approximate surface area is 208 Å². The summed E-state index contributed by atoms with van der Waals surface area (Å²) in [6.07, 6.45) is 0.866. The Balaban J connectivity index is 0.00000385. The molecule has 1 aliphatic heterocycles. The number of nitrogens with one attached hydrogen (secondary N) is 1. The van der Waals surface area contributed by atoms with Gasteiger partial charge in [0.2, 0.25) is 0 Å². The number of aliphatic hydroxyl groups is 1. The molecule has 2 aromatic carbocycles. The standard InChI is InChI=1S/C22H24Cl2F2N2O4.H2S/c23-18-5-3-16(8-20(18)25)31-12-15(29)11-28-7-1-2-14(10-28)27-22(30)13-32-17-4-6-19(24)21(26)9-17;/h3-6,8-9,14-15,29H,1-2,7,10-13H2,(H,27,30);1H2/t14-,15?;/m0./s1. The first kappa shape index (κ1) is 27.5. The van der Waals surface area contributed by atoms with Gasteiger partial charge in [0.25, 0.3) is 5.91 Å². The minimum Gasteiger partial charge on any atom is -0.491 e. The molecule has 2 atom stereocenters. The lowest BCUT2D eigenvalue weighted by molar-refractivity contribution is -0.124. The molecule has 0 bridgehead atoms. The van der Waals surface area contributed by atoms with Crippen molar-refractivity contribution in [2.75, 3.05) is 32.8 Å². The van der Waals surface area contributed by atoms with Crippen LogP contribution in [-0.2, 0) is 4.79 Å². The van der Waals surface area contributed by atoms with Crippen molar-refractivity contribution >= 4 is 42.6 Å². The zero-order valence-corrected chi connectivity index (χ0v) is 20.2. The lowest BCUT2D eigenvalue weighted by Crippen LogP contribution is -2.50. The Morgan fingerprint density at radius 3 is 2.33 bits per heavy atom. The van der Waals surface area contributed by atoms with Gasteiger partial charge in [-0.25, -0.2) is 8.78 Å². The van der Waals surface area contributed by atoms with Gasteiger partial charge in [0, 0.05) is 31.3 Å². The molecule has 0 saturated carbocycles. The monoisotopic (exact) mass is 522 g/mol. The summed E-state index contributed by atoms with van der Waals surface area (Å²) in [6.45, 7) is 1.45. The molecule has 1 fully saturated rings. The second-order valence-electron chi connectivity index (χ2n) is 7.57. The number of rotatable bonds is 9. The van der Waals surface area contributed by atoms with E-state index >= 15 is 0 Å². The van der Waals surface area contributed by atoms with Crippen LogP contribution in [0, 0.1) is 11.6 Å². The second-order valence-corrected chi connectivity index (χ2v) is 8.39. The predicted molar refractivity (Wildman–Crippen MR) is 128 cm³/mol. The van der Waals surface area contributed by atoms with Gasteiger partial charge in [-0.05, 0) is 43.7 Å². The third-order valence-electron chi connectivity index (χ3n) is 4.93. The van der Waals surface area contributed by atoms with Crippen molar-refractivity contribution in [1.82, 2.24) is 10.2 Å². The molecule has 0 aliphatic carbocycles. The van der Waals surface area contributed by atoms with E-state index in [4.69, 9.17) is 32.7 Å². The molecule has 1 saturated heterocycles. The van der Waals surface area contributed by atoms with E-state index in [-0.39, 0.29) is 60.2 Å². The molecule has 0 spiro atoms. The summed E-state index contributed by atoms with van der Waals surface area (Å²) in [7, 11) is 0. The molecule has 182 valence electrons. The van der Waals surface area contributed by atoms with Crippen molar-refractivity contribution < 1.29 is 28.2 Å². The Bertz CT molecular complexity index is 941. The van der Waals surface area contributed by atoms with Gasteiger partial charge in [0.05, 0.1) is 10.0 Å². The van der Waals surface area contributed by atoms with Crippen LogP contribution in [0.4, 0.5) is 8.78 Å². The van der Waals surface area contributed by atoms with Crippen LogP contribution in [0.2, 0.25) is 10.0 Å². The summed E-state index contributed by atoms with van der Waals surface area (Å²) < 4.78 is 37.6. The highest BCUT2D eigenvalue weighted by atomic mass is 35.5. The minimum absolute atomic E-state index is 0. The van der Waals surface area contributed by atoms with Gasteiger partial charge in [-0.3, -0.25) is 9.69 Å². The van der Waals surface area contributed by atoms with Crippen molar-refractivity contribution in [2.24, 2.45) is 0 Å². The largest absolute Gasteiger partial charge is 0.491 e. The number of β-amino-alcohol motifs (C(OH)–C–C–N with tert-alkyl or cyclic N) is 1. The molecule has 2 N–H and O–H groups in total. The summed E-state index contributed by atoms with van der Waals surface area (Å²) in [5.74, 6) is -1.01. The van der Waals surface area contributed by atoms with Gasteiger partial charge in [0.1, 0.15) is 35.8 Å². The maximum Gasteiger partial charge on any atom is 0.258 e.